The number of ether oxygens (including phenoxy) is 2. The predicted octanol–water partition coefficient (Wildman–Crippen LogP) is -0.0585. The van der Waals surface area contributed by atoms with E-state index in [4.69, 9.17) is 9.47 Å². The molecule has 1 heterocycles. The van der Waals surface area contributed by atoms with E-state index < -0.39 is 0 Å². The molecule has 14 heavy (non-hydrogen) atoms. The third-order valence-corrected chi connectivity index (χ3v) is 2.76. The highest BCUT2D eigenvalue weighted by Crippen LogP contribution is 2.09. The smallest absolute Gasteiger partial charge is 0.0615 e. The second-order valence-electron chi connectivity index (χ2n) is 3.85. The van der Waals surface area contributed by atoms with Gasteiger partial charge >= 0.3 is 0 Å². The maximum absolute atomic E-state index is 5.18. The van der Waals surface area contributed by atoms with E-state index in [0.717, 1.165) is 32.8 Å². The van der Waals surface area contributed by atoms with Crippen LogP contribution in [0.3, 0.4) is 0 Å². The Kier molecular flexibility index (Phi) is 5.40. The van der Waals surface area contributed by atoms with E-state index in [2.05, 4.69) is 17.1 Å². The first-order valence-electron chi connectivity index (χ1n) is 5.24. The summed E-state index contributed by atoms with van der Waals surface area (Å²) in [5, 5.41) is 3.29. The molecule has 1 aliphatic heterocycles. The van der Waals surface area contributed by atoms with Crippen LogP contribution in [0.15, 0.2) is 0 Å². The molecule has 4 heteroatoms. The Morgan fingerprint density at radius 1 is 1.36 bits per heavy atom. The van der Waals surface area contributed by atoms with Crippen molar-refractivity contribution < 1.29 is 9.47 Å². The minimum Gasteiger partial charge on any atom is -0.383 e. The quantitative estimate of drug-likeness (QED) is 0.627. The van der Waals surface area contributed by atoms with E-state index >= 15 is 0 Å². The van der Waals surface area contributed by atoms with Gasteiger partial charge in [-0.15, -0.1) is 0 Å². The van der Waals surface area contributed by atoms with Gasteiger partial charge in [-0.2, -0.15) is 0 Å². The monoisotopic (exact) mass is 202 g/mol. The first kappa shape index (κ1) is 11.9. The van der Waals surface area contributed by atoms with E-state index in [1.54, 1.807) is 14.2 Å². The molecule has 84 valence electrons. The molecule has 0 amide bonds. The lowest BCUT2D eigenvalue weighted by molar-refractivity contribution is 0.0305. The van der Waals surface area contributed by atoms with Crippen molar-refractivity contribution in [3.8, 4) is 0 Å². The highest BCUT2D eigenvalue weighted by Gasteiger charge is 2.27. The Bertz CT molecular complexity index is 151. The van der Waals surface area contributed by atoms with Crippen molar-refractivity contribution in [2.75, 3.05) is 47.1 Å². The first-order valence-corrected chi connectivity index (χ1v) is 5.24. The molecule has 1 atom stereocenters. The molecular weight excluding hydrogens is 180 g/mol. The molecule has 0 aromatic rings. The highest BCUT2D eigenvalue weighted by atomic mass is 16.5. The van der Waals surface area contributed by atoms with Crippen molar-refractivity contribution in [3.05, 3.63) is 0 Å². The number of rotatable bonds is 7. The molecule has 0 aliphatic carbocycles. The van der Waals surface area contributed by atoms with Crippen molar-refractivity contribution in [1.29, 1.82) is 0 Å². The number of nitrogens with zero attached hydrogens (tertiary/aromatic N) is 1. The van der Waals surface area contributed by atoms with Gasteiger partial charge in [-0.3, -0.25) is 4.90 Å². The summed E-state index contributed by atoms with van der Waals surface area (Å²) in [6.07, 6.45) is 0. The van der Waals surface area contributed by atoms with Crippen molar-refractivity contribution in [1.82, 2.24) is 10.2 Å². The van der Waals surface area contributed by atoms with Crippen molar-refractivity contribution >= 4 is 0 Å². The predicted molar refractivity (Wildman–Crippen MR) is 56.6 cm³/mol. The fourth-order valence-corrected chi connectivity index (χ4v) is 1.80. The fourth-order valence-electron chi connectivity index (χ4n) is 1.80. The Morgan fingerprint density at radius 2 is 2.07 bits per heavy atom. The van der Waals surface area contributed by atoms with Gasteiger partial charge in [-0.05, 0) is 6.92 Å². The van der Waals surface area contributed by atoms with Crippen LogP contribution in [0.2, 0.25) is 0 Å². The normalized spacial score (nSPS) is 19.7. The molecule has 1 saturated heterocycles. The van der Waals surface area contributed by atoms with Gasteiger partial charge in [0.2, 0.25) is 0 Å². The first-order chi connectivity index (χ1) is 6.79. The number of hydrogen-bond acceptors (Lipinski definition) is 4. The zero-order valence-corrected chi connectivity index (χ0v) is 9.45. The Labute approximate surface area is 86.6 Å². The van der Waals surface area contributed by atoms with Crippen LogP contribution in [-0.2, 0) is 9.47 Å². The van der Waals surface area contributed by atoms with Crippen LogP contribution in [0.5, 0.6) is 0 Å². The van der Waals surface area contributed by atoms with Gasteiger partial charge < -0.3 is 14.8 Å². The number of hydrogen-bond donors (Lipinski definition) is 1. The van der Waals surface area contributed by atoms with Gasteiger partial charge in [0.25, 0.3) is 0 Å². The number of methoxy groups -OCH3 is 2. The van der Waals surface area contributed by atoms with Gasteiger partial charge in [0, 0.05) is 45.9 Å². The van der Waals surface area contributed by atoms with E-state index in [1.165, 1.54) is 0 Å². The van der Waals surface area contributed by atoms with Crippen LogP contribution >= 0.6 is 0 Å². The topological polar surface area (TPSA) is 33.7 Å². The van der Waals surface area contributed by atoms with Crippen LogP contribution in [0.4, 0.5) is 0 Å². The summed E-state index contributed by atoms with van der Waals surface area (Å²) in [5.41, 5.74) is 0. The summed E-state index contributed by atoms with van der Waals surface area (Å²) in [5.74, 6) is 0. The lowest BCUT2D eigenvalue weighted by atomic mass is 10.1. The van der Waals surface area contributed by atoms with Gasteiger partial charge in [-0.25, -0.2) is 0 Å². The maximum atomic E-state index is 5.18. The molecule has 1 aliphatic rings. The van der Waals surface area contributed by atoms with Crippen molar-refractivity contribution in [3.63, 3.8) is 0 Å². The van der Waals surface area contributed by atoms with Crippen LogP contribution in [0.1, 0.15) is 6.92 Å². The third-order valence-electron chi connectivity index (χ3n) is 2.76. The van der Waals surface area contributed by atoms with E-state index in [0.29, 0.717) is 12.1 Å². The van der Waals surface area contributed by atoms with Crippen LogP contribution < -0.4 is 5.32 Å². The second-order valence-corrected chi connectivity index (χ2v) is 3.85. The second kappa shape index (κ2) is 6.35. The van der Waals surface area contributed by atoms with E-state index in [9.17, 15) is 0 Å². The summed E-state index contributed by atoms with van der Waals surface area (Å²) in [6, 6.07) is 1.14. The molecule has 4 nitrogen and oxygen atoms in total. The molecule has 0 bridgehead atoms. The number of nitrogens with one attached hydrogen (secondary N) is 1. The van der Waals surface area contributed by atoms with Crippen molar-refractivity contribution in [2.45, 2.75) is 19.0 Å². The molecule has 1 rings (SSSR count). The average Bonchev–Trinajstić information content (AvgIpc) is 2.09. The minimum absolute atomic E-state index is 0.474. The Balaban J connectivity index is 2.34. The van der Waals surface area contributed by atoms with Gasteiger partial charge in [0.05, 0.1) is 13.2 Å². The molecule has 0 spiro atoms. The summed E-state index contributed by atoms with van der Waals surface area (Å²) in [4.78, 5) is 2.46. The van der Waals surface area contributed by atoms with Gasteiger partial charge in [0.1, 0.15) is 0 Å². The van der Waals surface area contributed by atoms with E-state index in [1.807, 2.05) is 0 Å². The summed E-state index contributed by atoms with van der Waals surface area (Å²) < 4.78 is 10.3. The third kappa shape index (κ3) is 3.20. The van der Waals surface area contributed by atoms with Crippen LogP contribution in [-0.4, -0.2) is 64.1 Å². The SMILES string of the molecule is COCCN(C(C)COC)C1CNC1. The molecule has 0 aromatic heterocycles. The molecule has 0 radical (unpaired) electrons. The van der Waals surface area contributed by atoms with Crippen LogP contribution in [0.25, 0.3) is 0 Å². The standard InChI is InChI=1S/C10H22N2O2/c1-9(8-14-3)12(4-5-13-2)10-6-11-7-10/h9-11H,4-8H2,1-3H3. The fraction of sp³-hybridized carbons (Fsp3) is 1.00. The zero-order valence-electron chi connectivity index (χ0n) is 9.45. The van der Waals surface area contributed by atoms with Gasteiger partial charge in [-0.1, -0.05) is 0 Å². The Morgan fingerprint density at radius 3 is 2.50 bits per heavy atom. The molecule has 1 N–H and O–H groups in total. The maximum Gasteiger partial charge on any atom is 0.0615 e. The average molecular weight is 202 g/mol. The Hall–Kier alpha value is -0.160. The molecule has 1 fully saturated rings. The molecule has 0 aromatic carbocycles. The highest BCUT2D eigenvalue weighted by molar-refractivity contribution is 4.87. The summed E-state index contributed by atoms with van der Waals surface area (Å²) in [7, 11) is 3.50. The lowest BCUT2D eigenvalue weighted by Gasteiger charge is -2.41. The lowest BCUT2D eigenvalue weighted by Crippen LogP contribution is -2.60. The molecule has 0 saturated carbocycles. The van der Waals surface area contributed by atoms with Crippen LogP contribution in [0, 0.1) is 0 Å². The van der Waals surface area contributed by atoms with Crippen molar-refractivity contribution in [2.24, 2.45) is 0 Å². The summed E-state index contributed by atoms with van der Waals surface area (Å²) >= 11 is 0. The zero-order chi connectivity index (χ0) is 10.4. The summed E-state index contributed by atoms with van der Waals surface area (Å²) in [6.45, 7) is 6.98. The molecular formula is C10H22N2O2. The van der Waals surface area contributed by atoms with E-state index in [-0.39, 0.29) is 0 Å². The van der Waals surface area contributed by atoms with Gasteiger partial charge in [0.15, 0.2) is 0 Å². The largest absolute Gasteiger partial charge is 0.383 e. The molecule has 1 unspecified atom stereocenters. The minimum atomic E-state index is 0.474.